The average Bonchev–Trinajstić information content (AvgIpc) is 2.68. The van der Waals surface area contributed by atoms with E-state index in [1.54, 1.807) is 13.2 Å². The van der Waals surface area contributed by atoms with Gasteiger partial charge in [-0.25, -0.2) is 0 Å². The maximum Gasteiger partial charge on any atom is 0.244 e. The van der Waals surface area contributed by atoms with Crippen LogP contribution >= 0.6 is 0 Å². The highest BCUT2D eigenvalue weighted by atomic mass is 16.5. The Bertz CT molecular complexity index is 768. The van der Waals surface area contributed by atoms with Gasteiger partial charge in [0.2, 0.25) is 5.91 Å². The number of amides is 1. The molecule has 0 aliphatic heterocycles. The molecule has 0 fully saturated rings. The average molecular weight is 369 g/mol. The van der Waals surface area contributed by atoms with Gasteiger partial charge in [0.15, 0.2) is 11.5 Å². The second-order valence-electron chi connectivity index (χ2n) is 5.91. The third-order valence-corrected chi connectivity index (χ3v) is 3.97. The molecule has 0 aromatic heterocycles. The summed E-state index contributed by atoms with van der Waals surface area (Å²) in [6.07, 6.45) is 3.29. The van der Waals surface area contributed by atoms with Crippen LogP contribution in [0.25, 0.3) is 6.08 Å². The molecule has 0 aliphatic rings. The van der Waals surface area contributed by atoms with Crippen molar-refractivity contribution in [2.75, 3.05) is 20.3 Å². The number of ether oxygens (including phenoxy) is 3. The standard InChI is InChI=1S/C22H27NO4/c1-5-26-20-13-10-18(15-21(20)27-6-2)16(3)23-22(24)14-9-17-7-11-19(25-4)12-8-17/h7-16H,5-6H2,1-4H3,(H,23,24)/b14-9+/t16-/m0/s1. The molecule has 0 heterocycles. The molecule has 5 nitrogen and oxygen atoms in total. The fourth-order valence-corrected chi connectivity index (χ4v) is 2.57. The molecule has 27 heavy (non-hydrogen) atoms. The number of carbonyl (C=O) groups is 1. The molecule has 5 heteroatoms. The number of methoxy groups -OCH3 is 1. The van der Waals surface area contributed by atoms with Gasteiger partial charge in [0.25, 0.3) is 0 Å². The van der Waals surface area contributed by atoms with Gasteiger partial charge < -0.3 is 19.5 Å². The smallest absolute Gasteiger partial charge is 0.244 e. The fraction of sp³-hybridized carbons (Fsp3) is 0.318. The third kappa shape index (κ3) is 6.06. The molecule has 1 amide bonds. The van der Waals surface area contributed by atoms with Gasteiger partial charge in [0.05, 0.1) is 26.4 Å². The number of hydrogen-bond acceptors (Lipinski definition) is 4. The Kier molecular flexibility index (Phi) is 7.74. The molecule has 1 N–H and O–H groups in total. The highest BCUT2D eigenvalue weighted by Crippen LogP contribution is 2.30. The molecule has 2 aromatic rings. The lowest BCUT2D eigenvalue weighted by Gasteiger charge is -2.17. The second kappa shape index (κ2) is 10.3. The lowest BCUT2D eigenvalue weighted by molar-refractivity contribution is -0.117. The predicted molar refractivity (Wildman–Crippen MR) is 107 cm³/mol. The van der Waals surface area contributed by atoms with Crippen LogP contribution in [-0.4, -0.2) is 26.2 Å². The number of benzene rings is 2. The Hall–Kier alpha value is -2.95. The van der Waals surface area contributed by atoms with E-state index in [2.05, 4.69) is 5.32 Å². The summed E-state index contributed by atoms with van der Waals surface area (Å²) in [5.74, 6) is 2.02. The number of rotatable bonds is 9. The van der Waals surface area contributed by atoms with E-state index < -0.39 is 0 Å². The first-order chi connectivity index (χ1) is 13.1. The highest BCUT2D eigenvalue weighted by molar-refractivity contribution is 5.92. The maximum absolute atomic E-state index is 12.2. The maximum atomic E-state index is 12.2. The van der Waals surface area contributed by atoms with E-state index in [1.165, 1.54) is 6.08 Å². The van der Waals surface area contributed by atoms with Crippen molar-refractivity contribution in [3.8, 4) is 17.2 Å². The van der Waals surface area contributed by atoms with Crippen LogP contribution in [-0.2, 0) is 4.79 Å². The van der Waals surface area contributed by atoms with Gasteiger partial charge in [-0.15, -0.1) is 0 Å². The molecular weight excluding hydrogens is 342 g/mol. The van der Waals surface area contributed by atoms with Crippen molar-refractivity contribution in [3.05, 3.63) is 59.7 Å². The minimum Gasteiger partial charge on any atom is -0.497 e. The molecular formula is C22H27NO4. The second-order valence-corrected chi connectivity index (χ2v) is 5.91. The minimum absolute atomic E-state index is 0.159. The Morgan fingerprint density at radius 3 is 2.33 bits per heavy atom. The summed E-state index contributed by atoms with van der Waals surface area (Å²) in [6, 6.07) is 13.1. The van der Waals surface area contributed by atoms with E-state index in [9.17, 15) is 4.79 Å². The van der Waals surface area contributed by atoms with Gasteiger partial charge in [0.1, 0.15) is 5.75 Å². The van der Waals surface area contributed by atoms with Gasteiger partial charge >= 0.3 is 0 Å². The van der Waals surface area contributed by atoms with Crippen molar-refractivity contribution in [1.82, 2.24) is 5.32 Å². The first-order valence-electron chi connectivity index (χ1n) is 9.09. The van der Waals surface area contributed by atoms with Crippen LogP contribution < -0.4 is 19.5 Å². The molecule has 0 aliphatic carbocycles. The molecule has 0 saturated carbocycles. The fourth-order valence-electron chi connectivity index (χ4n) is 2.57. The van der Waals surface area contributed by atoms with Crippen LogP contribution in [0.4, 0.5) is 0 Å². The largest absolute Gasteiger partial charge is 0.497 e. The summed E-state index contributed by atoms with van der Waals surface area (Å²) in [5.41, 5.74) is 1.88. The topological polar surface area (TPSA) is 56.8 Å². The van der Waals surface area contributed by atoms with Crippen molar-refractivity contribution in [1.29, 1.82) is 0 Å². The molecule has 0 bridgehead atoms. The van der Waals surface area contributed by atoms with Crippen LogP contribution in [0.15, 0.2) is 48.5 Å². The first kappa shape index (κ1) is 20.4. The van der Waals surface area contributed by atoms with Crippen molar-refractivity contribution in [2.24, 2.45) is 0 Å². The molecule has 0 unspecified atom stereocenters. The highest BCUT2D eigenvalue weighted by Gasteiger charge is 2.12. The Morgan fingerprint density at radius 1 is 1.04 bits per heavy atom. The third-order valence-electron chi connectivity index (χ3n) is 3.97. The zero-order valence-corrected chi connectivity index (χ0v) is 16.3. The van der Waals surface area contributed by atoms with Gasteiger partial charge in [-0.3, -0.25) is 4.79 Å². The molecule has 0 saturated heterocycles. The van der Waals surface area contributed by atoms with E-state index in [1.807, 2.05) is 63.2 Å². The molecule has 2 rings (SSSR count). The summed E-state index contributed by atoms with van der Waals surface area (Å²) in [4.78, 5) is 12.2. The molecule has 0 radical (unpaired) electrons. The van der Waals surface area contributed by atoms with Gasteiger partial charge in [-0.05, 0) is 62.2 Å². The summed E-state index contributed by atoms with van der Waals surface area (Å²) < 4.78 is 16.3. The monoisotopic (exact) mass is 369 g/mol. The van der Waals surface area contributed by atoms with Crippen molar-refractivity contribution < 1.29 is 19.0 Å². The summed E-state index contributed by atoms with van der Waals surface area (Å²) in [5, 5.41) is 2.96. The number of carbonyl (C=O) groups excluding carboxylic acids is 1. The lowest BCUT2D eigenvalue weighted by atomic mass is 10.1. The van der Waals surface area contributed by atoms with Gasteiger partial charge in [0, 0.05) is 6.08 Å². The van der Waals surface area contributed by atoms with Crippen molar-refractivity contribution in [2.45, 2.75) is 26.8 Å². The van der Waals surface area contributed by atoms with Crippen LogP contribution in [0.5, 0.6) is 17.2 Å². The van der Waals surface area contributed by atoms with Gasteiger partial charge in [-0.1, -0.05) is 18.2 Å². The zero-order valence-electron chi connectivity index (χ0n) is 16.3. The molecule has 1 atom stereocenters. The van der Waals surface area contributed by atoms with Crippen molar-refractivity contribution >= 4 is 12.0 Å². The molecule has 0 spiro atoms. The Balaban J connectivity index is 2.02. The lowest BCUT2D eigenvalue weighted by Crippen LogP contribution is -2.24. The van der Waals surface area contributed by atoms with E-state index in [-0.39, 0.29) is 11.9 Å². The minimum atomic E-state index is -0.162. The molecule has 144 valence electrons. The predicted octanol–water partition coefficient (Wildman–Crippen LogP) is 4.38. The SMILES string of the molecule is CCOc1ccc([C@H](C)NC(=O)/C=C/c2ccc(OC)cc2)cc1OCC. The normalized spacial score (nSPS) is 11.9. The van der Waals surface area contributed by atoms with E-state index in [0.717, 1.165) is 16.9 Å². The van der Waals surface area contributed by atoms with Crippen molar-refractivity contribution in [3.63, 3.8) is 0 Å². The summed E-state index contributed by atoms with van der Waals surface area (Å²) in [7, 11) is 1.62. The van der Waals surface area contributed by atoms with Crippen LogP contribution in [0, 0.1) is 0 Å². The number of hydrogen-bond donors (Lipinski definition) is 1. The molecule has 2 aromatic carbocycles. The van der Waals surface area contributed by atoms with E-state index in [0.29, 0.717) is 24.7 Å². The Morgan fingerprint density at radius 2 is 1.70 bits per heavy atom. The zero-order chi connectivity index (χ0) is 19.6. The first-order valence-corrected chi connectivity index (χ1v) is 9.09. The van der Waals surface area contributed by atoms with Gasteiger partial charge in [-0.2, -0.15) is 0 Å². The number of nitrogens with one attached hydrogen (secondary N) is 1. The van der Waals surface area contributed by atoms with E-state index >= 15 is 0 Å². The van der Waals surface area contributed by atoms with Crippen LogP contribution in [0.3, 0.4) is 0 Å². The quantitative estimate of drug-likeness (QED) is 0.666. The summed E-state index contributed by atoms with van der Waals surface area (Å²) >= 11 is 0. The van der Waals surface area contributed by atoms with E-state index in [4.69, 9.17) is 14.2 Å². The Labute approximate surface area is 161 Å². The van der Waals surface area contributed by atoms with Crippen LogP contribution in [0.1, 0.15) is 37.9 Å². The summed E-state index contributed by atoms with van der Waals surface area (Å²) in [6.45, 7) is 6.92. The van der Waals surface area contributed by atoms with Crippen LogP contribution in [0.2, 0.25) is 0 Å².